The first-order chi connectivity index (χ1) is 18.8. The first-order valence-electron chi connectivity index (χ1n) is 14.1. The summed E-state index contributed by atoms with van der Waals surface area (Å²) in [4.78, 5) is 15.3. The number of sulfonamides is 1. The molecule has 0 aromatic heterocycles. The van der Waals surface area contributed by atoms with Gasteiger partial charge in [0, 0.05) is 38.2 Å². The highest BCUT2D eigenvalue weighted by atomic mass is 32.2. The van der Waals surface area contributed by atoms with Gasteiger partial charge in [0.1, 0.15) is 5.75 Å². The van der Waals surface area contributed by atoms with E-state index in [0.717, 1.165) is 31.2 Å². The second-order valence-electron chi connectivity index (χ2n) is 10.9. The SMILES string of the molecule is COc1ccc(S(=O)(=O)N(CC(O)CN2C(=O)C(CCCO)CC2Cc2ccccc2)CC2CCCC2)cc1. The van der Waals surface area contributed by atoms with Gasteiger partial charge < -0.3 is 19.8 Å². The molecule has 3 atom stereocenters. The molecule has 1 aliphatic heterocycles. The molecule has 214 valence electrons. The highest BCUT2D eigenvalue weighted by molar-refractivity contribution is 7.89. The molecule has 39 heavy (non-hydrogen) atoms. The van der Waals surface area contributed by atoms with Crippen LogP contribution in [0.25, 0.3) is 0 Å². The molecular formula is C30H42N2O6S. The lowest BCUT2D eigenvalue weighted by Gasteiger charge is -2.31. The maximum atomic E-state index is 13.7. The van der Waals surface area contributed by atoms with Crippen LogP contribution in [0.4, 0.5) is 0 Å². The van der Waals surface area contributed by atoms with Gasteiger partial charge in [0.05, 0.1) is 18.1 Å². The number of carbonyl (C=O) groups excluding carboxylic acids is 1. The number of aliphatic hydroxyl groups excluding tert-OH is 2. The van der Waals surface area contributed by atoms with Crippen LogP contribution < -0.4 is 4.74 Å². The molecule has 2 N–H and O–H groups in total. The standard InChI is InChI=1S/C30H42N2O6S/c1-38-28-13-15-29(16-14-28)39(36,37)31(20-24-10-5-6-11-24)21-27(34)22-32-26(18-23-8-3-2-4-9-23)19-25(30(32)35)12-7-17-33/h2-4,8-9,13-16,24-27,33-34H,5-7,10-12,17-22H2,1H3. The molecule has 1 saturated heterocycles. The molecular weight excluding hydrogens is 516 g/mol. The van der Waals surface area contributed by atoms with Crippen LogP contribution in [0.1, 0.15) is 50.5 Å². The van der Waals surface area contributed by atoms with Gasteiger partial charge >= 0.3 is 0 Å². The second kappa shape index (κ2) is 13.7. The number of amides is 1. The quantitative estimate of drug-likeness (QED) is 0.368. The Hall–Kier alpha value is -2.46. The summed E-state index contributed by atoms with van der Waals surface area (Å²) in [5.41, 5.74) is 1.11. The summed E-state index contributed by atoms with van der Waals surface area (Å²) in [6, 6.07) is 16.2. The van der Waals surface area contributed by atoms with Crippen LogP contribution in [0.2, 0.25) is 0 Å². The van der Waals surface area contributed by atoms with E-state index in [1.165, 1.54) is 23.5 Å². The van der Waals surface area contributed by atoms with Gasteiger partial charge in [-0.25, -0.2) is 8.42 Å². The fourth-order valence-electron chi connectivity index (χ4n) is 6.04. The molecule has 0 radical (unpaired) electrons. The Bertz CT molecular complexity index is 1150. The molecule has 2 aromatic rings. The number of nitrogens with zero attached hydrogens (tertiary/aromatic N) is 2. The molecule has 8 nitrogen and oxygen atoms in total. The van der Waals surface area contributed by atoms with Crippen molar-refractivity contribution in [1.29, 1.82) is 0 Å². The third-order valence-corrected chi connectivity index (χ3v) is 9.96. The molecule has 1 heterocycles. The van der Waals surface area contributed by atoms with Crippen LogP contribution in [-0.4, -0.2) is 79.2 Å². The van der Waals surface area contributed by atoms with E-state index in [-0.39, 0.29) is 48.4 Å². The van der Waals surface area contributed by atoms with Gasteiger partial charge in [0.2, 0.25) is 15.9 Å². The number of benzene rings is 2. The molecule has 1 amide bonds. The zero-order valence-corrected chi connectivity index (χ0v) is 23.6. The molecule has 1 saturated carbocycles. The van der Waals surface area contributed by atoms with Crippen molar-refractivity contribution in [3.63, 3.8) is 0 Å². The number of β-amino-alcohol motifs (C(OH)–C–C–N with tert-alkyl or cyclic N) is 1. The number of methoxy groups -OCH3 is 1. The van der Waals surface area contributed by atoms with Gasteiger partial charge in [-0.2, -0.15) is 4.31 Å². The summed E-state index contributed by atoms with van der Waals surface area (Å²) in [5, 5.41) is 20.6. The number of rotatable bonds is 14. The maximum Gasteiger partial charge on any atom is 0.243 e. The van der Waals surface area contributed by atoms with Crippen molar-refractivity contribution < 1.29 is 28.2 Å². The Balaban J connectivity index is 1.51. The van der Waals surface area contributed by atoms with Gasteiger partial charge in [0.15, 0.2) is 0 Å². The zero-order valence-electron chi connectivity index (χ0n) is 22.8. The Morgan fingerprint density at radius 3 is 2.41 bits per heavy atom. The average molecular weight is 559 g/mol. The normalized spacial score (nSPS) is 21.1. The van der Waals surface area contributed by atoms with Crippen LogP contribution in [0.5, 0.6) is 5.75 Å². The second-order valence-corrected chi connectivity index (χ2v) is 12.9. The lowest BCUT2D eigenvalue weighted by Crippen LogP contribution is -2.47. The smallest absolute Gasteiger partial charge is 0.243 e. The van der Waals surface area contributed by atoms with Crippen molar-refractivity contribution in [3.05, 3.63) is 60.2 Å². The van der Waals surface area contributed by atoms with Crippen molar-refractivity contribution in [2.75, 3.05) is 33.4 Å². The van der Waals surface area contributed by atoms with E-state index in [0.29, 0.717) is 38.0 Å². The monoisotopic (exact) mass is 558 g/mol. The van der Waals surface area contributed by atoms with Gasteiger partial charge in [-0.3, -0.25) is 4.79 Å². The minimum Gasteiger partial charge on any atom is -0.497 e. The molecule has 9 heteroatoms. The van der Waals surface area contributed by atoms with Gasteiger partial charge in [-0.05, 0) is 74.3 Å². The summed E-state index contributed by atoms with van der Waals surface area (Å²) < 4.78 is 34.0. The third kappa shape index (κ3) is 7.60. The highest BCUT2D eigenvalue weighted by Gasteiger charge is 2.40. The van der Waals surface area contributed by atoms with Crippen molar-refractivity contribution in [3.8, 4) is 5.75 Å². The largest absolute Gasteiger partial charge is 0.497 e. The number of aliphatic hydroxyl groups is 2. The van der Waals surface area contributed by atoms with Gasteiger partial charge in [-0.1, -0.05) is 43.2 Å². The molecule has 0 bridgehead atoms. The molecule has 4 rings (SSSR count). The van der Waals surface area contributed by atoms with Crippen molar-refractivity contribution in [2.45, 2.75) is 68.4 Å². The van der Waals surface area contributed by atoms with E-state index in [9.17, 15) is 23.4 Å². The van der Waals surface area contributed by atoms with Gasteiger partial charge in [0.25, 0.3) is 0 Å². The average Bonchev–Trinajstić information content (AvgIpc) is 3.56. The summed E-state index contributed by atoms with van der Waals surface area (Å²) in [6.45, 7) is 0.389. The van der Waals surface area contributed by atoms with Crippen molar-refractivity contribution in [1.82, 2.24) is 9.21 Å². The molecule has 0 spiro atoms. The number of hydrogen-bond donors (Lipinski definition) is 2. The predicted octanol–water partition coefficient (Wildman–Crippen LogP) is 3.47. The Morgan fingerprint density at radius 2 is 1.77 bits per heavy atom. The van der Waals surface area contributed by atoms with E-state index in [4.69, 9.17) is 4.74 Å². The number of carbonyl (C=O) groups is 1. The lowest BCUT2D eigenvalue weighted by molar-refractivity contribution is -0.133. The molecule has 2 fully saturated rings. The Kier molecular flexibility index (Phi) is 10.4. The van der Waals surface area contributed by atoms with E-state index >= 15 is 0 Å². The summed E-state index contributed by atoms with van der Waals surface area (Å²) >= 11 is 0. The zero-order chi connectivity index (χ0) is 27.8. The first kappa shape index (κ1) is 29.5. The summed E-state index contributed by atoms with van der Waals surface area (Å²) in [6.07, 6.45) is 5.58. The third-order valence-electron chi connectivity index (χ3n) is 8.11. The highest BCUT2D eigenvalue weighted by Crippen LogP contribution is 2.32. The van der Waals surface area contributed by atoms with Crippen LogP contribution in [0.3, 0.4) is 0 Å². The van der Waals surface area contributed by atoms with E-state index in [1.54, 1.807) is 17.0 Å². The van der Waals surface area contributed by atoms with E-state index < -0.39 is 16.1 Å². The molecule has 2 aromatic carbocycles. The Morgan fingerprint density at radius 1 is 1.08 bits per heavy atom. The predicted molar refractivity (Wildman–Crippen MR) is 150 cm³/mol. The van der Waals surface area contributed by atoms with Crippen molar-refractivity contribution >= 4 is 15.9 Å². The molecule has 3 unspecified atom stereocenters. The number of hydrogen-bond acceptors (Lipinski definition) is 6. The summed E-state index contributed by atoms with van der Waals surface area (Å²) in [5.74, 6) is 0.607. The Labute approximate surface area is 232 Å². The van der Waals surface area contributed by atoms with Crippen LogP contribution in [0, 0.1) is 11.8 Å². The van der Waals surface area contributed by atoms with E-state index in [1.807, 2.05) is 30.3 Å². The first-order valence-corrected chi connectivity index (χ1v) is 15.5. The molecule has 1 aliphatic carbocycles. The van der Waals surface area contributed by atoms with Crippen LogP contribution in [-0.2, 0) is 21.2 Å². The van der Waals surface area contributed by atoms with Crippen LogP contribution >= 0.6 is 0 Å². The van der Waals surface area contributed by atoms with Crippen LogP contribution in [0.15, 0.2) is 59.5 Å². The minimum atomic E-state index is -3.85. The topological polar surface area (TPSA) is 107 Å². The lowest BCUT2D eigenvalue weighted by atomic mass is 9.96. The minimum absolute atomic E-state index is 0.0243. The number of ether oxygens (including phenoxy) is 1. The van der Waals surface area contributed by atoms with Crippen molar-refractivity contribution in [2.24, 2.45) is 11.8 Å². The number of likely N-dealkylation sites (tertiary alicyclic amines) is 1. The fraction of sp³-hybridized carbons (Fsp3) is 0.567. The van der Waals surface area contributed by atoms with Gasteiger partial charge in [-0.15, -0.1) is 0 Å². The maximum absolute atomic E-state index is 13.7. The molecule has 2 aliphatic rings. The fourth-order valence-corrected chi connectivity index (χ4v) is 7.59. The summed E-state index contributed by atoms with van der Waals surface area (Å²) in [7, 11) is -2.32. The van der Waals surface area contributed by atoms with E-state index in [2.05, 4.69) is 0 Å².